The summed E-state index contributed by atoms with van der Waals surface area (Å²) < 4.78 is 35.1. The lowest BCUT2D eigenvalue weighted by Gasteiger charge is -2.37. The number of aromatic hydroxyl groups is 1. The number of piperazine rings is 1. The highest BCUT2D eigenvalue weighted by Gasteiger charge is 2.21. The van der Waals surface area contributed by atoms with E-state index < -0.39 is 6.61 Å². The number of anilines is 1. The van der Waals surface area contributed by atoms with Gasteiger partial charge in [-0.2, -0.15) is 8.78 Å². The highest BCUT2D eigenvalue weighted by Crippen LogP contribution is 2.30. The second kappa shape index (κ2) is 12.5. The molecule has 0 atom stereocenters. The number of hydrogen-bond donors (Lipinski definition) is 2. The van der Waals surface area contributed by atoms with Gasteiger partial charge in [0.2, 0.25) is 0 Å². The van der Waals surface area contributed by atoms with Crippen LogP contribution in [0.4, 0.5) is 14.5 Å². The fraction of sp³-hybridized carbons (Fsp3) is 0.409. The average molecular weight is 562 g/mol. The molecule has 1 heterocycles. The van der Waals surface area contributed by atoms with Crippen LogP contribution in [0, 0.1) is 0 Å². The van der Waals surface area contributed by atoms with E-state index in [2.05, 4.69) is 24.8 Å². The first-order chi connectivity index (χ1) is 15.0. The first-order valence-electron chi connectivity index (χ1n) is 10.2. The Morgan fingerprint density at radius 2 is 1.84 bits per heavy atom. The van der Waals surface area contributed by atoms with E-state index >= 15 is 0 Å². The van der Waals surface area contributed by atoms with E-state index in [1.54, 1.807) is 32.2 Å². The highest BCUT2D eigenvalue weighted by molar-refractivity contribution is 14.0. The Bertz CT molecular complexity index is 893. The van der Waals surface area contributed by atoms with E-state index in [4.69, 9.17) is 4.74 Å². The molecule has 0 aromatic heterocycles. The van der Waals surface area contributed by atoms with Crippen LogP contribution in [-0.4, -0.2) is 62.4 Å². The number of alkyl halides is 2. The van der Waals surface area contributed by atoms with Crippen molar-refractivity contribution in [2.75, 3.05) is 44.7 Å². The van der Waals surface area contributed by atoms with Crippen LogP contribution in [0.15, 0.2) is 47.5 Å². The predicted molar refractivity (Wildman–Crippen MR) is 132 cm³/mol. The van der Waals surface area contributed by atoms with Crippen LogP contribution < -0.4 is 19.7 Å². The fourth-order valence-corrected chi connectivity index (χ4v) is 3.53. The summed E-state index contributed by atoms with van der Waals surface area (Å²) in [5.74, 6) is 1.34. The molecule has 3 rings (SSSR count). The van der Waals surface area contributed by atoms with E-state index in [1.165, 1.54) is 6.07 Å². The zero-order valence-corrected chi connectivity index (χ0v) is 20.5. The van der Waals surface area contributed by atoms with Gasteiger partial charge in [-0.3, -0.25) is 4.99 Å². The summed E-state index contributed by atoms with van der Waals surface area (Å²) in [4.78, 5) is 8.66. The van der Waals surface area contributed by atoms with Crippen LogP contribution in [-0.2, 0) is 6.54 Å². The summed E-state index contributed by atoms with van der Waals surface area (Å²) in [5.41, 5.74) is 1.69. The van der Waals surface area contributed by atoms with Gasteiger partial charge < -0.3 is 29.7 Å². The van der Waals surface area contributed by atoms with Gasteiger partial charge in [-0.25, -0.2) is 0 Å². The third-order valence-corrected chi connectivity index (χ3v) is 4.99. The normalized spacial score (nSPS) is 14.2. The molecule has 1 aliphatic heterocycles. The average Bonchev–Trinajstić information content (AvgIpc) is 2.76. The number of hydrogen-bond acceptors (Lipinski definition) is 5. The molecule has 2 aromatic carbocycles. The lowest BCUT2D eigenvalue weighted by atomic mass is 10.2. The van der Waals surface area contributed by atoms with Gasteiger partial charge in [0.25, 0.3) is 0 Å². The number of nitrogens with one attached hydrogen (secondary N) is 1. The van der Waals surface area contributed by atoms with Crippen molar-refractivity contribution in [3.05, 3.63) is 48.0 Å². The molecule has 0 aliphatic carbocycles. The molecule has 7 nitrogen and oxygen atoms in total. The maximum Gasteiger partial charge on any atom is 0.387 e. The van der Waals surface area contributed by atoms with Crippen LogP contribution in [0.25, 0.3) is 0 Å². The van der Waals surface area contributed by atoms with Gasteiger partial charge in [0, 0.05) is 39.8 Å². The standard InChI is InChI=1S/C22H28F2N4O3.HI/c1-3-30-20-14-16(8-9-19(20)31-21(23)24)15-26-22(25-2)28-12-10-27(11-13-28)17-6-4-5-7-18(17)29;/h4-9,14,21,29H,3,10-13,15H2,1-2H3,(H,25,26);1H. The molecule has 10 heteroatoms. The van der Waals surface area contributed by atoms with Gasteiger partial charge in [-0.1, -0.05) is 18.2 Å². The van der Waals surface area contributed by atoms with Crippen molar-refractivity contribution in [3.8, 4) is 17.2 Å². The predicted octanol–water partition coefficient (Wildman–Crippen LogP) is 3.91. The lowest BCUT2D eigenvalue weighted by Crippen LogP contribution is -2.52. The number of guanidine groups is 1. The Labute approximate surface area is 204 Å². The van der Waals surface area contributed by atoms with Gasteiger partial charge in [-0.15, -0.1) is 24.0 Å². The summed E-state index contributed by atoms with van der Waals surface area (Å²) in [5, 5.41) is 13.4. The minimum atomic E-state index is -2.90. The molecule has 32 heavy (non-hydrogen) atoms. The quantitative estimate of drug-likeness (QED) is 0.303. The maximum absolute atomic E-state index is 12.6. The Balaban J connectivity index is 0.00000363. The number of rotatable bonds is 7. The summed E-state index contributed by atoms with van der Waals surface area (Å²) in [6.45, 7) is 2.70. The second-order valence-electron chi connectivity index (χ2n) is 6.96. The second-order valence-corrected chi connectivity index (χ2v) is 6.96. The number of halogens is 3. The first-order valence-corrected chi connectivity index (χ1v) is 10.2. The molecule has 0 amide bonds. The minimum Gasteiger partial charge on any atom is -0.506 e. The van der Waals surface area contributed by atoms with Crippen LogP contribution in [0.3, 0.4) is 0 Å². The number of ether oxygens (including phenoxy) is 2. The number of phenols is 1. The molecule has 0 spiro atoms. The molecule has 1 aliphatic rings. The van der Waals surface area contributed by atoms with E-state index in [1.807, 2.05) is 18.2 Å². The fourth-order valence-electron chi connectivity index (χ4n) is 3.53. The molecule has 0 bridgehead atoms. The zero-order valence-electron chi connectivity index (χ0n) is 18.1. The molecular formula is C22H29F2IN4O3. The molecule has 1 fully saturated rings. The van der Waals surface area contributed by atoms with E-state index in [9.17, 15) is 13.9 Å². The number of phenolic OH excluding ortho intramolecular Hbond substituents is 1. The summed E-state index contributed by atoms with van der Waals surface area (Å²) in [7, 11) is 1.73. The smallest absolute Gasteiger partial charge is 0.387 e. The Hall–Kier alpha value is -2.50. The van der Waals surface area contributed by atoms with Crippen molar-refractivity contribution in [2.24, 2.45) is 4.99 Å². The van der Waals surface area contributed by atoms with Crippen molar-refractivity contribution in [1.82, 2.24) is 10.2 Å². The van der Waals surface area contributed by atoms with E-state index in [0.29, 0.717) is 13.2 Å². The number of nitrogens with zero attached hydrogens (tertiary/aromatic N) is 3. The molecule has 176 valence electrons. The highest BCUT2D eigenvalue weighted by atomic mass is 127. The van der Waals surface area contributed by atoms with Gasteiger partial charge >= 0.3 is 6.61 Å². The minimum absolute atomic E-state index is 0. The third kappa shape index (κ3) is 6.75. The molecule has 0 radical (unpaired) electrons. The summed E-state index contributed by atoms with van der Waals surface area (Å²) in [6, 6.07) is 12.2. The Morgan fingerprint density at radius 1 is 1.12 bits per heavy atom. The van der Waals surface area contributed by atoms with Gasteiger partial charge in [0.1, 0.15) is 5.75 Å². The Kier molecular flexibility index (Phi) is 10.1. The molecule has 2 aromatic rings. The molecular weight excluding hydrogens is 533 g/mol. The zero-order chi connectivity index (χ0) is 22.2. The summed E-state index contributed by atoms with van der Waals surface area (Å²) in [6.07, 6.45) is 0. The van der Waals surface area contributed by atoms with Crippen molar-refractivity contribution in [1.29, 1.82) is 0 Å². The molecule has 0 saturated carbocycles. The Morgan fingerprint density at radius 3 is 2.47 bits per heavy atom. The van der Waals surface area contributed by atoms with Gasteiger partial charge in [-0.05, 0) is 36.8 Å². The molecule has 1 saturated heterocycles. The monoisotopic (exact) mass is 562 g/mol. The molecule has 0 unspecified atom stereocenters. The molecule has 2 N–H and O–H groups in total. The van der Waals surface area contributed by atoms with Crippen molar-refractivity contribution >= 4 is 35.6 Å². The van der Waals surface area contributed by atoms with Gasteiger partial charge in [0.05, 0.1) is 12.3 Å². The van der Waals surface area contributed by atoms with Crippen molar-refractivity contribution in [2.45, 2.75) is 20.1 Å². The van der Waals surface area contributed by atoms with Crippen LogP contribution in [0.5, 0.6) is 17.2 Å². The van der Waals surface area contributed by atoms with E-state index in [0.717, 1.165) is 43.4 Å². The largest absolute Gasteiger partial charge is 0.506 e. The van der Waals surface area contributed by atoms with Crippen molar-refractivity contribution < 1.29 is 23.4 Å². The maximum atomic E-state index is 12.6. The summed E-state index contributed by atoms with van der Waals surface area (Å²) >= 11 is 0. The number of benzene rings is 2. The number of para-hydroxylation sites is 2. The van der Waals surface area contributed by atoms with Crippen LogP contribution >= 0.6 is 24.0 Å². The first kappa shape index (κ1) is 25.8. The van der Waals surface area contributed by atoms with Gasteiger partial charge in [0.15, 0.2) is 17.5 Å². The van der Waals surface area contributed by atoms with Crippen molar-refractivity contribution in [3.63, 3.8) is 0 Å². The lowest BCUT2D eigenvalue weighted by molar-refractivity contribution is -0.0514. The van der Waals surface area contributed by atoms with E-state index in [-0.39, 0.29) is 41.2 Å². The van der Waals surface area contributed by atoms with Crippen LogP contribution in [0.2, 0.25) is 0 Å². The topological polar surface area (TPSA) is 69.6 Å². The SMILES string of the molecule is CCOc1cc(CNC(=NC)N2CCN(c3ccccc3O)CC2)ccc1OC(F)F.I. The number of aliphatic imine (C=N–C) groups is 1. The van der Waals surface area contributed by atoms with Crippen LogP contribution in [0.1, 0.15) is 12.5 Å². The third-order valence-electron chi connectivity index (χ3n) is 4.99.